The number of benzene rings is 1. The number of aryl methyl sites for hydroxylation is 3. The zero-order valence-corrected chi connectivity index (χ0v) is 21.5. The average Bonchev–Trinajstić information content (AvgIpc) is 3.33. The molecule has 1 amide bonds. The minimum absolute atomic E-state index is 0.0685. The van der Waals surface area contributed by atoms with Crippen LogP contribution in [-0.2, 0) is 27.4 Å². The topological polar surface area (TPSA) is 105 Å². The van der Waals surface area contributed by atoms with E-state index in [4.69, 9.17) is 4.52 Å². The van der Waals surface area contributed by atoms with E-state index in [9.17, 15) is 26.4 Å². The Bertz CT molecular complexity index is 1350. The van der Waals surface area contributed by atoms with Crippen LogP contribution in [0, 0.1) is 26.7 Å². The van der Waals surface area contributed by atoms with E-state index >= 15 is 0 Å². The molecule has 1 aromatic carbocycles. The third-order valence-corrected chi connectivity index (χ3v) is 9.29. The highest BCUT2D eigenvalue weighted by Crippen LogP contribution is 2.32. The van der Waals surface area contributed by atoms with Crippen molar-refractivity contribution in [3.63, 3.8) is 0 Å². The summed E-state index contributed by atoms with van der Waals surface area (Å²) in [5.41, 5.74) is 0.635. The van der Waals surface area contributed by atoms with E-state index in [1.807, 2.05) is 0 Å². The molecule has 194 valence electrons. The first-order valence-corrected chi connectivity index (χ1v) is 13.5. The lowest BCUT2D eigenvalue weighted by atomic mass is 9.97. The van der Waals surface area contributed by atoms with Gasteiger partial charge < -0.3 is 9.84 Å². The molecule has 1 aliphatic rings. The van der Waals surface area contributed by atoms with Crippen LogP contribution in [0.15, 0.2) is 33.7 Å². The van der Waals surface area contributed by atoms with Crippen molar-refractivity contribution in [2.75, 3.05) is 18.4 Å². The van der Waals surface area contributed by atoms with Crippen LogP contribution in [0.1, 0.15) is 46.1 Å². The zero-order chi connectivity index (χ0) is 26.3. The van der Waals surface area contributed by atoms with Gasteiger partial charge in [0.05, 0.1) is 16.3 Å². The van der Waals surface area contributed by atoms with Gasteiger partial charge in [-0.15, -0.1) is 11.3 Å². The van der Waals surface area contributed by atoms with E-state index in [0.29, 0.717) is 39.8 Å². The number of rotatable bonds is 6. The second kappa shape index (κ2) is 9.94. The van der Waals surface area contributed by atoms with Crippen molar-refractivity contribution >= 4 is 32.3 Å². The van der Waals surface area contributed by atoms with Crippen LogP contribution >= 0.6 is 11.3 Å². The second-order valence-corrected chi connectivity index (χ2v) is 11.7. The summed E-state index contributed by atoms with van der Waals surface area (Å²) in [6, 6.07) is 5.08. The van der Waals surface area contributed by atoms with Gasteiger partial charge in [-0.25, -0.2) is 13.4 Å². The molecule has 36 heavy (non-hydrogen) atoms. The van der Waals surface area contributed by atoms with Gasteiger partial charge in [0.2, 0.25) is 15.9 Å². The molecule has 0 spiro atoms. The maximum Gasteiger partial charge on any atom is 0.416 e. The molecular weight excluding hydrogens is 517 g/mol. The van der Waals surface area contributed by atoms with E-state index in [-0.39, 0.29) is 42.0 Å². The number of halogens is 3. The van der Waals surface area contributed by atoms with Crippen molar-refractivity contribution in [1.82, 2.24) is 14.4 Å². The van der Waals surface area contributed by atoms with Gasteiger partial charge in [-0.05, 0) is 45.2 Å². The number of piperidine rings is 1. The number of sulfonamides is 1. The summed E-state index contributed by atoms with van der Waals surface area (Å²) in [6.45, 7) is 5.22. The smallest absolute Gasteiger partial charge is 0.360 e. The van der Waals surface area contributed by atoms with E-state index in [1.54, 1.807) is 26.8 Å². The fourth-order valence-corrected chi connectivity index (χ4v) is 6.98. The summed E-state index contributed by atoms with van der Waals surface area (Å²) in [6.07, 6.45) is -3.51. The third-order valence-electron chi connectivity index (χ3n) is 6.08. The normalized spacial score (nSPS) is 15.8. The summed E-state index contributed by atoms with van der Waals surface area (Å²) in [5.74, 6) is -0.384. The Labute approximate surface area is 210 Å². The van der Waals surface area contributed by atoms with Crippen molar-refractivity contribution < 1.29 is 30.9 Å². The fourth-order valence-electron chi connectivity index (χ4n) is 4.22. The molecule has 1 aliphatic heterocycles. The Morgan fingerprint density at radius 2 is 1.89 bits per heavy atom. The first-order chi connectivity index (χ1) is 16.9. The summed E-state index contributed by atoms with van der Waals surface area (Å²) in [4.78, 5) is 17.4. The highest BCUT2D eigenvalue weighted by Gasteiger charge is 2.36. The average molecular weight is 543 g/mol. The predicted molar refractivity (Wildman–Crippen MR) is 127 cm³/mol. The Hall–Kier alpha value is -2.77. The monoisotopic (exact) mass is 542 g/mol. The highest BCUT2D eigenvalue weighted by molar-refractivity contribution is 7.89. The van der Waals surface area contributed by atoms with E-state index in [1.165, 1.54) is 21.7 Å². The largest absolute Gasteiger partial charge is 0.416 e. The summed E-state index contributed by atoms with van der Waals surface area (Å²) >= 11 is 1.22. The lowest BCUT2D eigenvalue weighted by Gasteiger charge is -2.30. The van der Waals surface area contributed by atoms with E-state index in [0.717, 1.165) is 12.1 Å². The third kappa shape index (κ3) is 5.47. The number of hydrogen-bond acceptors (Lipinski definition) is 7. The maximum atomic E-state index is 13.0. The maximum absolute atomic E-state index is 13.0. The number of carbonyl (C=O) groups is 1. The van der Waals surface area contributed by atoms with Crippen molar-refractivity contribution in [2.24, 2.45) is 5.92 Å². The van der Waals surface area contributed by atoms with Gasteiger partial charge in [-0.3, -0.25) is 4.79 Å². The van der Waals surface area contributed by atoms with Gasteiger partial charge >= 0.3 is 6.18 Å². The number of thiazole rings is 1. The highest BCUT2D eigenvalue weighted by atomic mass is 32.2. The van der Waals surface area contributed by atoms with Crippen LogP contribution in [-0.4, -0.2) is 41.9 Å². The standard InChI is InChI=1S/C23H25F3N4O4S2/c1-13-20(15(3)34-29-13)36(32,33)30-9-7-17(8-10-30)21(31)28-22-14(2)27-19(35-22)12-16-5-4-6-18(11-16)23(24,25)26/h4-6,11,17H,7-10,12H2,1-3H3,(H,28,31). The Morgan fingerprint density at radius 3 is 2.50 bits per heavy atom. The minimum atomic E-state index is -4.42. The molecule has 0 atom stereocenters. The number of carbonyl (C=O) groups excluding carboxylic acids is 1. The van der Waals surface area contributed by atoms with Crippen LogP contribution < -0.4 is 5.32 Å². The van der Waals surface area contributed by atoms with Crippen molar-refractivity contribution in [3.8, 4) is 0 Å². The molecule has 1 fully saturated rings. The number of nitrogens with one attached hydrogen (secondary N) is 1. The molecule has 8 nitrogen and oxygen atoms in total. The molecule has 4 rings (SSSR count). The van der Waals surface area contributed by atoms with Gasteiger partial charge in [0, 0.05) is 25.4 Å². The number of amides is 1. The van der Waals surface area contributed by atoms with Gasteiger partial charge in [0.25, 0.3) is 0 Å². The fraction of sp³-hybridized carbons (Fsp3) is 0.435. The second-order valence-electron chi connectivity index (χ2n) is 8.72. The Balaban J connectivity index is 1.38. The van der Waals surface area contributed by atoms with Crippen molar-refractivity contribution in [3.05, 3.63) is 57.5 Å². The lowest BCUT2D eigenvalue weighted by Crippen LogP contribution is -2.41. The predicted octanol–water partition coefficient (Wildman–Crippen LogP) is 4.71. The number of alkyl halides is 3. The van der Waals surface area contributed by atoms with Crippen LogP contribution in [0.2, 0.25) is 0 Å². The van der Waals surface area contributed by atoms with Crippen molar-refractivity contribution in [2.45, 2.75) is 51.1 Å². The first kappa shape index (κ1) is 26.3. The molecule has 3 heterocycles. The first-order valence-electron chi connectivity index (χ1n) is 11.2. The molecule has 0 radical (unpaired) electrons. The molecule has 3 aromatic rings. The van der Waals surface area contributed by atoms with Crippen LogP contribution in [0.4, 0.5) is 18.2 Å². The molecule has 1 saturated heterocycles. The molecule has 0 unspecified atom stereocenters. The van der Waals surface area contributed by atoms with E-state index in [2.05, 4.69) is 15.5 Å². The van der Waals surface area contributed by atoms with Gasteiger partial charge in [0.1, 0.15) is 15.6 Å². The molecule has 1 N–H and O–H groups in total. The molecule has 2 aromatic heterocycles. The summed E-state index contributed by atoms with van der Waals surface area (Å²) in [5, 5.41) is 7.70. The van der Waals surface area contributed by atoms with E-state index < -0.39 is 21.8 Å². The zero-order valence-electron chi connectivity index (χ0n) is 19.8. The van der Waals surface area contributed by atoms with Crippen molar-refractivity contribution in [1.29, 1.82) is 0 Å². The Morgan fingerprint density at radius 1 is 1.19 bits per heavy atom. The van der Waals surface area contributed by atoms with Crippen LogP contribution in [0.25, 0.3) is 0 Å². The van der Waals surface area contributed by atoms with Gasteiger partial charge in [-0.1, -0.05) is 23.4 Å². The summed E-state index contributed by atoms with van der Waals surface area (Å²) < 4.78 is 71.3. The molecule has 13 heteroatoms. The molecule has 0 aliphatic carbocycles. The number of aromatic nitrogens is 2. The SMILES string of the molecule is Cc1nc(Cc2cccc(C(F)(F)F)c2)sc1NC(=O)C1CCN(S(=O)(=O)c2c(C)noc2C)CC1. The Kier molecular flexibility index (Phi) is 7.26. The number of nitrogens with zero attached hydrogens (tertiary/aromatic N) is 3. The molecule has 0 bridgehead atoms. The number of hydrogen-bond donors (Lipinski definition) is 1. The molecular formula is C23H25F3N4O4S2. The number of anilines is 1. The van der Waals surface area contributed by atoms with Gasteiger partial charge in [-0.2, -0.15) is 17.5 Å². The van der Waals surface area contributed by atoms with Crippen LogP contribution in [0.3, 0.4) is 0 Å². The molecule has 0 saturated carbocycles. The summed E-state index contributed by atoms with van der Waals surface area (Å²) in [7, 11) is -3.77. The van der Waals surface area contributed by atoms with Gasteiger partial charge in [0.15, 0.2) is 5.76 Å². The quantitative estimate of drug-likeness (QED) is 0.484. The minimum Gasteiger partial charge on any atom is -0.360 e. The lowest BCUT2D eigenvalue weighted by molar-refractivity contribution is -0.137. The van der Waals surface area contributed by atoms with Crippen LogP contribution in [0.5, 0.6) is 0 Å².